The van der Waals surface area contributed by atoms with Crippen molar-refractivity contribution >= 4 is 5.78 Å². The highest BCUT2D eigenvalue weighted by Gasteiger charge is 2.23. The molecule has 0 bridgehead atoms. The summed E-state index contributed by atoms with van der Waals surface area (Å²) in [5, 5.41) is 0. The molecule has 1 atom stereocenters. The Morgan fingerprint density at radius 1 is 1.31 bits per heavy atom. The van der Waals surface area contributed by atoms with Crippen LogP contribution in [0.1, 0.15) is 12.0 Å². The standard InChI is InChI=1S/C12H12F2O2/c13-10-2-1-8(6-11(10)14)5-9-7-16-4-3-12(9)15/h1-2,6,9H,3-5,7H2. The second-order valence-corrected chi connectivity index (χ2v) is 3.94. The monoisotopic (exact) mass is 226 g/mol. The lowest BCUT2D eigenvalue weighted by atomic mass is 9.93. The highest BCUT2D eigenvalue weighted by Crippen LogP contribution is 2.17. The van der Waals surface area contributed by atoms with Crippen molar-refractivity contribution in [3.05, 3.63) is 35.4 Å². The second-order valence-electron chi connectivity index (χ2n) is 3.94. The Morgan fingerprint density at radius 3 is 2.81 bits per heavy atom. The minimum atomic E-state index is -0.873. The zero-order valence-electron chi connectivity index (χ0n) is 8.71. The van der Waals surface area contributed by atoms with Gasteiger partial charge in [0.15, 0.2) is 11.6 Å². The van der Waals surface area contributed by atoms with Crippen molar-refractivity contribution in [3.8, 4) is 0 Å². The number of halogens is 2. The van der Waals surface area contributed by atoms with Crippen LogP contribution in [0.25, 0.3) is 0 Å². The third kappa shape index (κ3) is 2.44. The zero-order chi connectivity index (χ0) is 11.5. The molecule has 2 nitrogen and oxygen atoms in total. The number of benzene rings is 1. The first-order chi connectivity index (χ1) is 7.66. The van der Waals surface area contributed by atoms with Gasteiger partial charge in [-0.3, -0.25) is 4.79 Å². The van der Waals surface area contributed by atoms with Crippen LogP contribution in [0.2, 0.25) is 0 Å². The van der Waals surface area contributed by atoms with E-state index in [1.807, 2.05) is 0 Å². The summed E-state index contributed by atoms with van der Waals surface area (Å²) in [6, 6.07) is 3.72. The number of carbonyl (C=O) groups is 1. The van der Waals surface area contributed by atoms with Crippen LogP contribution in [0.3, 0.4) is 0 Å². The molecule has 1 fully saturated rings. The van der Waals surface area contributed by atoms with Gasteiger partial charge in [0.1, 0.15) is 5.78 Å². The summed E-state index contributed by atoms with van der Waals surface area (Å²) in [4.78, 5) is 11.5. The third-order valence-electron chi connectivity index (χ3n) is 2.73. The van der Waals surface area contributed by atoms with Crippen molar-refractivity contribution in [2.24, 2.45) is 5.92 Å². The van der Waals surface area contributed by atoms with E-state index in [-0.39, 0.29) is 11.7 Å². The normalized spacial score (nSPS) is 21.1. The van der Waals surface area contributed by atoms with Gasteiger partial charge in [-0.2, -0.15) is 0 Å². The molecule has 4 heteroatoms. The van der Waals surface area contributed by atoms with Crippen LogP contribution < -0.4 is 0 Å². The summed E-state index contributed by atoms with van der Waals surface area (Å²) in [6.07, 6.45) is 0.824. The maximum Gasteiger partial charge on any atom is 0.159 e. The number of ether oxygens (including phenoxy) is 1. The molecule has 86 valence electrons. The van der Waals surface area contributed by atoms with Crippen LogP contribution >= 0.6 is 0 Å². The molecule has 1 aliphatic rings. The van der Waals surface area contributed by atoms with Gasteiger partial charge in [0.2, 0.25) is 0 Å². The van der Waals surface area contributed by atoms with Crippen molar-refractivity contribution in [3.63, 3.8) is 0 Å². The number of carbonyl (C=O) groups excluding carboxylic acids is 1. The highest BCUT2D eigenvalue weighted by atomic mass is 19.2. The maximum absolute atomic E-state index is 12.9. The molecule has 1 unspecified atom stereocenters. The molecule has 0 saturated carbocycles. The first-order valence-electron chi connectivity index (χ1n) is 5.21. The van der Waals surface area contributed by atoms with E-state index < -0.39 is 11.6 Å². The van der Waals surface area contributed by atoms with Crippen molar-refractivity contribution in [2.45, 2.75) is 12.8 Å². The summed E-state index contributed by atoms with van der Waals surface area (Å²) < 4.78 is 30.8. The van der Waals surface area contributed by atoms with Crippen molar-refractivity contribution in [2.75, 3.05) is 13.2 Å². The Kier molecular flexibility index (Phi) is 3.29. The quantitative estimate of drug-likeness (QED) is 0.772. The van der Waals surface area contributed by atoms with Crippen LogP contribution in [0, 0.1) is 17.6 Å². The molecule has 1 heterocycles. The van der Waals surface area contributed by atoms with Crippen LogP contribution in [0.4, 0.5) is 8.78 Å². The first-order valence-corrected chi connectivity index (χ1v) is 5.21. The molecular weight excluding hydrogens is 214 g/mol. The fourth-order valence-electron chi connectivity index (χ4n) is 1.82. The molecular formula is C12H12F2O2. The fourth-order valence-corrected chi connectivity index (χ4v) is 1.82. The number of ketones is 1. The van der Waals surface area contributed by atoms with Gasteiger partial charge in [-0.25, -0.2) is 8.78 Å². The van der Waals surface area contributed by atoms with Crippen LogP contribution in [-0.2, 0) is 16.0 Å². The molecule has 1 aromatic carbocycles. The van der Waals surface area contributed by atoms with Crippen molar-refractivity contribution in [1.82, 2.24) is 0 Å². The lowest BCUT2D eigenvalue weighted by Crippen LogP contribution is -2.29. The van der Waals surface area contributed by atoms with E-state index >= 15 is 0 Å². The summed E-state index contributed by atoms with van der Waals surface area (Å²) in [6.45, 7) is 0.838. The van der Waals surface area contributed by atoms with E-state index in [9.17, 15) is 13.6 Å². The Bertz CT molecular complexity index is 404. The van der Waals surface area contributed by atoms with E-state index in [1.165, 1.54) is 6.07 Å². The Balaban J connectivity index is 2.08. The molecule has 1 saturated heterocycles. The van der Waals surface area contributed by atoms with E-state index in [0.717, 1.165) is 12.1 Å². The van der Waals surface area contributed by atoms with Gasteiger partial charge < -0.3 is 4.74 Å². The molecule has 0 aliphatic carbocycles. The van der Waals surface area contributed by atoms with E-state index in [4.69, 9.17) is 4.74 Å². The lowest BCUT2D eigenvalue weighted by Gasteiger charge is -2.20. The third-order valence-corrected chi connectivity index (χ3v) is 2.73. The van der Waals surface area contributed by atoms with Gasteiger partial charge in [-0.1, -0.05) is 6.07 Å². The Labute approximate surface area is 92.2 Å². The predicted molar refractivity (Wildman–Crippen MR) is 54.0 cm³/mol. The predicted octanol–water partition coefficient (Wildman–Crippen LogP) is 2.11. The molecule has 0 amide bonds. The van der Waals surface area contributed by atoms with Crippen molar-refractivity contribution < 1.29 is 18.3 Å². The average molecular weight is 226 g/mol. The molecule has 1 aliphatic heterocycles. The average Bonchev–Trinajstić information content (AvgIpc) is 2.27. The smallest absolute Gasteiger partial charge is 0.159 e. The lowest BCUT2D eigenvalue weighted by molar-refractivity contribution is -0.130. The summed E-state index contributed by atoms with van der Waals surface area (Å²) >= 11 is 0. The van der Waals surface area contributed by atoms with Gasteiger partial charge in [-0.15, -0.1) is 0 Å². The van der Waals surface area contributed by atoms with Crippen LogP contribution in [0.15, 0.2) is 18.2 Å². The molecule has 2 rings (SSSR count). The summed E-state index contributed by atoms with van der Waals surface area (Å²) in [7, 11) is 0. The van der Waals surface area contributed by atoms with E-state index in [2.05, 4.69) is 0 Å². The fraction of sp³-hybridized carbons (Fsp3) is 0.417. The SMILES string of the molecule is O=C1CCOCC1Cc1ccc(F)c(F)c1. The number of hydrogen-bond acceptors (Lipinski definition) is 2. The van der Waals surface area contributed by atoms with Gasteiger partial charge in [0.05, 0.1) is 13.2 Å². The van der Waals surface area contributed by atoms with Crippen LogP contribution in [-0.4, -0.2) is 19.0 Å². The molecule has 16 heavy (non-hydrogen) atoms. The number of hydrogen-bond donors (Lipinski definition) is 0. The maximum atomic E-state index is 12.9. The molecule has 0 N–H and O–H groups in total. The Morgan fingerprint density at radius 2 is 2.12 bits per heavy atom. The topological polar surface area (TPSA) is 26.3 Å². The van der Waals surface area contributed by atoms with Crippen molar-refractivity contribution in [1.29, 1.82) is 0 Å². The molecule has 1 aromatic rings. The summed E-state index contributed by atoms with van der Waals surface area (Å²) in [5.74, 6) is -1.83. The number of rotatable bonds is 2. The van der Waals surface area contributed by atoms with Gasteiger partial charge in [-0.05, 0) is 24.1 Å². The minimum Gasteiger partial charge on any atom is -0.380 e. The van der Waals surface area contributed by atoms with Crippen LogP contribution in [0.5, 0.6) is 0 Å². The largest absolute Gasteiger partial charge is 0.380 e. The first kappa shape index (κ1) is 11.2. The zero-order valence-corrected chi connectivity index (χ0v) is 8.71. The molecule has 0 radical (unpaired) electrons. The van der Waals surface area contributed by atoms with E-state index in [1.54, 1.807) is 0 Å². The Hall–Kier alpha value is -1.29. The molecule has 0 aromatic heterocycles. The van der Waals surface area contributed by atoms with Gasteiger partial charge in [0.25, 0.3) is 0 Å². The summed E-state index contributed by atoms with van der Waals surface area (Å²) in [5.41, 5.74) is 0.628. The molecule has 0 spiro atoms. The number of Topliss-reactive ketones (excluding diaryl/α,β-unsaturated/α-hetero) is 1. The second kappa shape index (κ2) is 4.70. The van der Waals surface area contributed by atoms with E-state index in [0.29, 0.717) is 31.6 Å². The highest BCUT2D eigenvalue weighted by molar-refractivity contribution is 5.82. The van der Waals surface area contributed by atoms with Gasteiger partial charge in [0, 0.05) is 12.3 Å². The minimum absolute atomic E-state index is 0.135. The van der Waals surface area contributed by atoms with Gasteiger partial charge >= 0.3 is 0 Å².